The number of amides is 2. The zero-order valence-corrected chi connectivity index (χ0v) is 15.7. The maximum Gasteiger partial charge on any atom is 0.330 e. The molecule has 2 amide bonds. The van der Waals surface area contributed by atoms with Crippen LogP contribution in [0.2, 0.25) is 0 Å². The molecule has 10 heteroatoms. The molecule has 1 rings (SSSR count). The fourth-order valence-electron chi connectivity index (χ4n) is 2.29. The standard InChI is InChI=1S/C15H22ClN3O5S/c1-3-24-14(20)13(11-12-7-5-4-6-8-12)19(25(2,22)23)18(10-9-16)15(17)21/h4-8,13H,3,9-11H2,1-2H3,(H2,17,21). The predicted molar refractivity (Wildman–Crippen MR) is 94.3 cm³/mol. The van der Waals surface area contributed by atoms with E-state index in [1.165, 1.54) is 0 Å². The van der Waals surface area contributed by atoms with Crippen molar-refractivity contribution in [2.75, 3.05) is 25.3 Å². The van der Waals surface area contributed by atoms with Crippen LogP contribution in [-0.2, 0) is 26.0 Å². The largest absolute Gasteiger partial charge is 0.465 e. The van der Waals surface area contributed by atoms with Gasteiger partial charge in [-0.2, -0.15) is 0 Å². The van der Waals surface area contributed by atoms with Crippen LogP contribution >= 0.6 is 11.6 Å². The lowest BCUT2D eigenvalue weighted by Crippen LogP contribution is -2.59. The van der Waals surface area contributed by atoms with Gasteiger partial charge < -0.3 is 10.5 Å². The van der Waals surface area contributed by atoms with Crippen LogP contribution in [0.1, 0.15) is 12.5 Å². The van der Waals surface area contributed by atoms with E-state index in [0.717, 1.165) is 11.3 Å². The third-order valence-electron chi connectivity index (χ3n) is 3.23. The second-order valence-electron chi connectivity index (χ2n) is 5.14. The number of primary amides is 1. The molecular formula is C15H22ClN3O5S. The molecule has 0 fully saturated rings. The van der Waals surface area contributed by atoms with Gasteiger partial charge in [0.25, 0.3) is 0 Å². The number of sulfonamides is 1. The van der Waals surface area contributed by atoms with Crippen LogP contribution in [0.3, 0.4) is 0 Å². The van der Waals surface area contributed by atoms with E-state index >= 15 is 0 Å². The Morgan fingerprint density at radius 1 is 1.28 bits per heavy atom. The fraction of sp³-hybridized carbons (Fsp3) is 0.467. The molecule has 0 aromatic heterocycles. The van der Waals surface area contributed by atoms with E-state index in [-0.39, 0.29) is 25.5 Å². The van der Waals surface area contributed by atoms with Crippen molar-refractivity contribution in [3.63, 3.8) is 0 Å². The summed E-state index contributed by atoms with van der Waals surface area (Å²) in [7, 11) is -4.02. The Balaban J connectivity index is 3.36. The summed E-state index contributed by atoms with van der Waals surface area (Å²) in [6.45, 7) is 1.50. The summed E-state index contributed by atoms with van der Waals surface area (Å²) in [5, 5.41) is 0.743. The molecular weight excluding hydrogens is 370 g/mol. The van der Waals surface area contributed by atoms with Gasteiger partial charge in [-0.15, -0.1) is 11.6 Å². The van der Waals surface area contributed by atoms with E-state index in [0.29, 0.717) is 9.98 Å². The van der Waals surface area contributed by atoms with Gasteiger partial charge in [-0.3, -0.25) is 4.79 Å². The van der Waals surface area contributed by atoms with Crippen molar-refractivity contribution in [3.8, 4) is 0 Å². The van der Waals surface area contributed by atoms with Crippen molar-refractivity contribution in [1.82, 2.24) is 9.42 Å². The number of nitrogens with two attached hydrogens (primary N) is 1. The van der Waals surface area contributed by atoms with Crippen LogP contribution in [0.25, 0.3) is 0 Å². The monoisotopic (exact) mass is 391 g/mol. The molecule has 1 aromatic rings. The average molecular weight is 392 g/mol. The second kappa shape index (κ2) is 9.59. The number of hydrogen-bond acceptors (Lipinski definition) is 5. The molecule has 0 saturated heterocycles. The van der Waals surface area contributed by atoms with Gasteiger partial charge in [0, 0.05) is 12.3 Å². The number of alkyl halides is 1. The highest BCUT2D eigenvalue weighted by molar-refractivity contribution is 7.88. The zero-order chi connectivity index (χ0) is 19.0. The van der Waals surface area contributed by atoms with E-state index in [2.05, 4.69) is 0 Å². The van der Waals surface area contributed by atoms with Crippen LogP contribution in [-0.4, -0.2) is 61.2 Å². The Morgan fingerprint density at radius 3 is 2.32 bits per heavy atom. The third-order valence-corrected chi connectivity index (χ3v) is 4.53. The molecule has 2 N–H and O–H groups in total. The molecule has 0 spiro atoms. The van der Waals surface area contributed by atoms with Gasteiger partial charge in [0.1, 0.15) is 6.04 Å². The number of rotatable bonds is 9. The highest BCUT2D eigenvalue weighted by Gasteiger charge is 2.39. The summed E-state index contributed by atoms with van der Waals surface area (Å²) in [5.74, 6) is -0.840. The van der Waals surface area contributed by atoms with Crippen LogP contribution in [0, 0.1) is 0 Å². The number of carbonyl (C=O) groups excluding carboxylic acids is 2. The van der Waals surface area contributed by atoms with Crippen molar-refractivity contribution in [1.29, 1.82) is 0 Å². The number of benzene rings is 1. The lowest BCUT2D eigenvalue weighted by molar-refractivity contribution is -0.150. The molecule has 1 aromatic carbocycles. The van der Waals surface area contributed by atoms with E-state index < -0.39 is 28.1 Å². The summed E-state index contributed by atoms with van der Waals surface area (Å²) >= 11 is 5.65. The number of hydrogen-bond donors (Lipinski definition) is 1. The SMILES string of the molecule is CCOC(=O)C(Cc1ccccc1)N(N(CCCl)C(N)=O)S(C)(=O)=O. The highest BCUT2D eigenvalue weighted by atomic mass is 35.5. The molecule has 0 heterocycles. The predicted octanol–water partition coefficient (Wildman–Crippen LogP) is 0.957. The van der Waals surface area contributed by atoms with E-state index in [1.54, 1.807) is 37.3 Å². The van der Waals surface area contributed by atoms with Crippen LogP contribution in [0.4, 0.5) is 4.79 Å². The van der Waals surface area contributed by atoms with E-state index in [1.807, 2.05) is 0 Å². The minimum Gasteiger partial charge on any atom is -0.465 e. The van der Waals surface area contributed by atoms with E-state index in [4.69, 9.17) is 22.1 Å². The number of halogens is 1. The zero-order valence-electron chi connectivity index (χ0n) is 14.1. The number of hydrazine groups is 1. The number of nitrogens with zero attached hydrogens (tertiary/aromatic N) is 2. The first-order valence-corrected chi connectivity index (χ1v) is 9.93. The first-order valence-electron chi connectivity index (χ1n) is 7.55. The normalized spacial score (nSPS) is 12.6. The Bertz CT molecular complexity index is 684. The average Bonchev–Trinajstić information content (AvgIpc) is 2.53. The van der Waals surface area contributed by atoms with Crippen molar-refractivity contribution >= 4 is 33.6 Å². The molecule has 140 valence electrons. The van der Waals surface area contributed by atoms with Crippen molar-refractivity contribution in [2.24, 2.45) is 5.73 Å². The maximum absolute atomic E-state index is 12.4. The minimum absolute atomic E-state index is 0.0127. The first kappa shape index (κ1) is 21.2. The van der Waals surface area contributed by atoms with Gasteiger partial charge >= 0.3 is 12.0 Å². The van der Waals surface area contributed by atoms with Crippen LogP contribution in [0.15, 0.2) is 30.3 Å². The summed E-state index contributed by atoms with van der Waals surface area (Å²) in [6.07, 6.45) is 0.896. The molecule has 8 nitrogen and oxygen atoms in total. The smallest absolute Gasteiger partial charge is 0.330 e. The highest BCUT2D eigenvalue weighted by Crippen LogP contribution is 2.17. The number of urea groups is 1. The third kappa shape index (κ3) is 6.18. The molecule has 0 aliphatic heterocycles. The summed E-state index contributed by atoms with van der Waals surface area (Å²) < 4.78 is 30.3. The Hall–Kier alpha value is -1.84. The molecule has 0 aliphatic rings. The maximum atomic E-state index is 12.4. The second-order valence-corrected chi connectivity index (χ2v) is 7.36. The van der Waals surface area contributed by atoms with Gasteiger partial charge in [-0.05, 0) is 12.5 Å². The van der Waals surface area contributed by atoms with Crippen molar-refractivity contribution in [2.45, 2.75) is 19.4 Å². The topological polar surface area (TPSA) is 110 Å². The fourth-order valence-corrected chi connectivity index (χ4v) is 3.59. The van der Waals surface area contributed by atoms with Crippen molar-refractivity contribution < 1.29 is 22.7 Å². The van der Waals surface area contributed by atoms with E-state index in [9.17, 15) is 18.0 Å². The van der Waals surface area contributed by atoms with Gasteiger partial charge in [-0.25, -0.2) is 18.2 Å². The summed E-state index contributed by atoms with van der Waals surface area (Å²) in [6, 6.07) is 6.47. The molecule has 1 atom stereocenters. The van der Waals surface area contributed by atoms with Crippen LogP contribution in [0.5, 0.6) is 0 Å². The minimum atomic E-state index is -4.02. The Morgan fingerprint density at radius 2 is 1.88 bits per heavy atom. The number of carbonyl (C=O) groups is 2. The summed E-state index contributed by atoms with van der Waals surface area (Å²) in [5.41, 5.74) is 5.99. The molecule has 25 heavy (non-hydrogen) atoms. The lowest BCUT2D eigenvalue weighted by Gasteiger charge is -2.35. The summed E-state index contributed by atoms with van der Waals surface area (Å²) in [4.78, 5) is 24.2. The molecule has 0 bridgehead atoms. The number of esters is 1. The first-order chi connectivity index (χ1) is 11.7. The molecule has 1 unspecified atom stereocenters. The number of ether oxygens (including phenoxy) is 1. The van der Waals surface area contributed by atoms with Gasteiger partial charge in [0.15, 0.2) is 0 Å². The molecule has 0 radical (unpaired) electrons. The Labute approximate surface area is 152 Å². The molecule has 0 aliphatic carbocycles. The Kier molecular flexibility index (Phi) is 8.14. The van der Waals surface area contributed by atoms with Crippen LogP contribution < -0.4 is 5.73 Å². The van der Waals surface area contributed by atoms with Gasteiger partial charge in [-0.1, -0.05) is 34.7 Å². The van der Waals surface area contributed by atoms with Crippen molar-refractivity contribution in [3.05, 3.63) is 35.9 Å². The van der Waals surface area contributed by atoms with Gasteiger partial charge in [0.05, 0.1) is 19.4 Å². The van der Waals surface area contributed by atoms with Gasteiger partial charge in [0.2, 0.25) is 10.0 Å². The molecule has 0 saturated carbocycles. The lowest BCUT2D eigenvalue weighted by atomic mass is 10.1. The quantitative estimate of drug-likeness (QED) is 0.383.